The van der Waals surface area contributed by atoms with Crippen LogP contribution in [-0.4, -0.2) is 18.4 Å². The molecule has 0 radical (unpaired) electrons. The van der Waals surface area contributed by atoms with Crippen LogP contribution in [0, 0.1) is 0 Å². The summed E-state index contributed by atoms with van der Waals surface area (Å²) in [7, 11) is 1.63. The van der Waals surface area contributed by atoms with Crippen LogP contribution in [0.2, 0.25) is 5.02 Å². The summed E-state index contributed by atoms with van der Waals surface area (Å²) >= 11 is 8.97. The molecule has 1 aromatic rings. The van der Waals surface area contributed by atoms with Crippen molar-refractivity contribution in [3.05, 3.63) is 27.2 Å². The third-order valence-corrected chi connectivity index (χ3v) is 2.07. The number of phenols is 1. The Morgan fingerprint density at radius 3 is 2.83 bits per heavy atom. The van der Waals surface area contributed by atoms with Crippen molar-refractivity contribution in [2.75, 3.05) is 7.05 Å². The molecule has 1 aromatic carbocycles. The average Bonchev–Trinajstić information content (AvgIpc) is 2.00. The van der Waals surface area contributed by atoms with E-state index in [9.17, 15) is 5.11 Å². The molecule has 0 spiro atoms. The Morgan fingerprint density at radius 2 is 2.25 bits per heavy atom. The van der Waals surface area contributed by atoms with Crippen LogP contribution in [0.1, 0.15) is 5.56 Å². The lowest BCUT2D eigenvalue weighted by Gasteiger charge is -2.01. The van der Waals surface area contributed by atoms with Crippen LogP contribution in [-0.2, 0) is 0 Å². The number of rotatable bonds is 1. The second-order valence-corrected chi connectivity index (χ2v) is 3.54. The van der Waals surface area contributed by atoms with Gasteiger partial charge < -0.3 is 5.11 Å². The van der Waals surface area contributed by atoms with Crippen LogP contribution < -0.4 is 0 Å². The zero-order chi connectivity index (χ0) is 9.14. The van der Waals surface area contributed by atoms with Crippen molar-refractivity contribution in [1.82, 2.24) is 0 Å². The first kappa shape index (κ1) is 9.55. The molecule has 0 fully saturated rings. The number of hydrogen-bond donors (Lipinski definition) is 1. The van der Waals surface area contributed by atoms with E-state index in [1.165, 1.54) is 0 Å². The van der Waals surface area contributed by atoms with E-state index in [0.717, 1.165) is 4.47 Å². The highest BCUT2D eigenvalue weighted by Gasteiger charge is 2.04. The summed E-state index contributed by atoms with van der Waals surface area (Å²) in [6.07, 6.45) is 1.55. The van der Waals surface area contributed by atoms with Gasteiger partial charge in [0.1, 0.15) is 5.75 Å². The van der Waals surface area contributed by atoms with Crippen LogP contribution in [0.5, 0.6) is 5.75 Å². The van der Waals surface area contributed by atoms with E-state index >= 15 is 0 Å². The molecule has 0 saturated carbocycles. The van der Waals surface area contributed by atoms with Crippen LogP contribution in [0.15, 0.2) is 21.6 Å². The lowest BCUT2D eigenvalue weighted by Crippen LogP contribution is -1.83. The maximum Gasteiger partial charge on any atom is 0.142 e. The highest BCUT2D eigenvalue weighted by Crippen LogP contribution is 2.30. The number of aromatic hydroxyl groups is 1. The molecule has 0 aliphatic rings. The number of benzene rings is 1. The van der Waals surface area contributed by atoms with Gasteiger partial charge in [0.2, 0.25) is 0 Å². The molecule has 0 heterocycles. The smallest absolute Gasteiger partial charge is 0.142 e. The van der Waals surface area contributed by atoms with E-state index in [1.807, 2.05) is 0 Å². The predicted octanol–water partition coefficient (Wildman–Crippen LogP) is 2.86. The van der Waals surface area contributed by atoms with E-state index in [2.05, 4.69) is 20.9 Å². The molecular weight excluding hydrogens is 241 g/mol. The molecule has 0 amide bonds. The Labute approximate surface area is 84.0 Å². The van der Waals surface area contributed by atoms with E-state index in [4.69, 9.17) is 11.6 Å². The van der Waals surface area contributed by atoms with Gasteiger partial charge in [-0.05, 0) is 12.1 Å². The Bertz CT molecular complexity index is 325. The second-order valence-electron chi connectivity index (χ2n) is 2.21. The number of hydrogen-bond acceptors (Lipinski definition) is 2. The molecule has 0 aromatic heterocycles. The summed E-state index contributed by atoms with van der Waals surface area (Å²) in [5.41, 5.74) is 0.608. The second kappa shape index (κ2) is 3.92. The van der Waals surface area contributed by atoms with Crippen molar-refractivity contribution in [3.63, 3.8) is 0 Å². The molecule has 12 heavy (non-hydrogen) atoms. The minimum Gasteiger partial charge on any atom is -0.506 e. The van der Waals surface area contributed by atoms with Gasteiger partial charge in [0, 0.05) is 23.3 Å². The number of aliphatic imine (C=N–C) groups is 1. The van der Waals surface area contributed by atoms with E-state index in [-0.39, 0.29) is 5.75 Å². The van der Waals surface area contributed by atoms with Crippen molar-refractivity contribution >= 4 is 33.7 Å². The number of halogens is 2. The number of nitrogens with zero attached hydrogens (tertiary/aromatic N) is 1. The first-order valence-electron chi connectivity index (χ1n) is 3.25. The van der Waals surface area contributed by atoms with Crippen LogP contribution in [0.25, 0.3) is 0 Å². The summed E-state index contributed by atoms with van der Waals surface area (Å²) in [6.45, 7) is 0. The van der Waals surface area contributed by atoms with E-state index in [1.54, 1.807) is 25.4 Å². The van der Waals surface area contributed by atoms with Crippen molar-refractivity contribution < 1.29 is 5.11 Å². The van der Waals surface area contributed by atoms with Crippen LogP contribution in [0.3, 0.4) is 0 Å². The third-order valence-electron chi connectivity index (χ3n) is 1.33. The molecule has 0 aliphatic carbocycles. The minimum atomic E-state index is 0.0606. The molecule has 2 nitrogen and oxygen atoms in total. The van der Waals surface area contributed by atoms with Gasteiger partial charge in [-0.25, -0.2) is 0 Å². The minimum absolute atomic E-state index is 0.0606. The highest BCUT2D eigenvalue weighted by atomic mass is 79.9. The van der Waals surface area contributed by atoms with Gasteiger partial charge in [-0.15, -0.1) is 0 Å². The first-order valence-corrected chi connectivity index (χ1v) is 4.42. The zero-order valence-corrected chi connectivity index (χ0v) is 8.72. The van der Waals surface area contributed by atoms with Gasteiger partial charge in [-0.3, -0.25) is 4.99 Å². The van der Waals surface area contributed by atoms with Gasteiger partial charge in [-0.2, -0.15) is 0 Å². The van der Waals surface area contributed by atoms with Crippen molar-refractivity contribution in [2.45, 2.75) is 0 Å². The molecule has 1 N–H and O–H groups in total. The van der Waals surface area contributed by atoms with Crippen molar-refractivity contribution in [1.29, 1.82) is 0 Å². The highest BCUT2D eigenvalue weighted by molar-refractivity contribution is 9.10. The first-order chi connectivity index (χ1) is 5.65. The quantitative estimate of drug-likeness (QED) is 0.762. The van der Waals surface area contributed by atoms with Crippen molar-refractivity contribution in [2.24, 2.45) is 4.99 Å². The maximum absolute atomic E-state index is 9.41. The molecule has 1 rings (SSSR count). The third kappa shape index (κ3) is 1.99. The van der Waals surface area contributed by atoms with Crippen LogP contribution in [0.4, 0.5) is 0 Å². The fourth-order valence-electron chi connectivity index (χ4n) is 0.823. The average molecular weight is 249 g/mol. The Kier molecular flexibility index (Phi) is 3.12. The molecule has 0 atom stereocenters. The topological polar surface area (TPSA) is 32.6 Å². The maximum atomic E-state index is 9.41. The SMILES string of the molecule is C/N=C/c1cc(Br)cc(Cl)c1O. The van der Waals surface area contributed by atoms with Gasteiger partial charge in [0.25, 0.3) is 0 Å². The molecule has 0 aliphatic heterocycles. The van der Waals surface area contributed by atoms with Crippen molar-refractivity contribution in [3.8, 4) is 5.75 Å². The Balaban J connectivity index is 3.27. The fraction of sp³-hybridized carbons (Fsp3) is 0.125. The summed E-state index contributed by atoms with van der Waals surface area (Å²) in [5, 5.41) is 9.73. The van der Waals surface area contributed by atoms with Gasteiger partial charge >= 0.3 is 0 Å². The molecule has 0 bridgehead atoms. The zero-order valence-electron chi connectivity index (χ0n) is 6.38. The molecule has 0 saturated heterocycles. The monoisotopic (exact) mass is 247 g/mol. The van der Waals surface area contributed by atoms with Gasteiger partial charge in [-0.1, -0.05) is 27.5 Å². The Morgan fingerprint density at radius 1 is 1.58 bits per heavy atom. The molecule has 0 unspecified atom stereocenters. The lowest BCUT2D eigenvalue weighted by atomic mass is 10.2. The summed E-state index contributed by atoms with van der Waals surface area (Å²) in [5.74, 6) is 0.0606. The molecule has 64 valence electrons. The predicted molar refractivity (Wildman–Crippen MR) is 54.3 cm³/mol. The van der Waals surface area contributed by atoms with E-state index < -0.39 is 0 Å². The summed E-state index contributed by atoms with van der Waals surface area (Å²) in [4.78, 5) is 3.78. The largest absolute Gasteiger partial charge is 0.506 e. The van der Waals surface area contributed by atoms with Crippen LogP contribution >= 0.6 is 27.5 Å². The normalized spacial score (nSPS) is 10.9. The fourth-order valence-corrected chi connectivity index (χ4v) is 1.66. The molecular formula is C8H7BrClNO. The summed E-state index contributed by atoms with van der Waals surface area (Å²) in [6, 6.07) is 3.37. The van der Waals surface area contributed by atoms with E-state index in [0.29, 0.717) is 10.6 Å². The lowest BCUT2D eigenvalue weighted by molar-refractivity contribution is 0.474. The molecule has 4 heteroatoms. The number of phenolic OH excluding ortho intramolecular Hbond substituents is 1. The standard InChI is InChI=1S/C8H7BrClNO/c1-11-4-5-2-6(9)3-7(10)8(5)12/h2-4,12H,1H3/b11-4+. The van der Waals surface area contributed by atoms with Gasteiger partial charge in [0.15, 0.2) is 0 Å². The Hall–Kier alpha value is -0.540. The van der Waals surface area contributed by atoms with Gasteiger partial charge in [0.05, 0.1) is 5.02 Å². The summed E-state index contributed by atoms with van der Waals surface area (Å²) < 4.78 is 0.820.